The Bertz CT molecular complexity index is 821. The first-order valence-corrected chi connectivity index (χ1v) is 15.0. The summed E-state index contributed by atoms with van der Waals surface area (Å²) < 4.78 is 49.6. The smallest absolute Gasteiger partial charge is 0.308 e. The van der Waals surface area contributed by atoms with E-state index in [4.69, 9.17) is 18.1 Å². The molecule has 2 atom stereocenters. The van der Waals surface area contributed by atoms with E-state index in [-0.39, 0.29) is 26.4 Å². The van der Waals surface area contributed by atoms with Crippen LogP contribution in [0, 0.1) is 0 Å². The first-order valence-electron chi connectivity index (χ1n) is 11.8. The number of nitrogens with one attached hydrogen (secondary N) is 2. The van der Waals surface area contributed by atoms with Crippen molar-refractivity contribution < 1.29 is 27.2 Å². The fourth-order valence-corrected chi connectivity index (χ4v) is 7.57. The number of rotatable bonds is 17. The van der Waals surface area contributed by atoms with Crippen molar-refractivity contribution in [2.45, 2.75) is 39.3 Å². The van der Waals surface area contributed by atoms with Gasteiger partial charge >= 0.3 is 15.2 Å². The van der Waals surface area contributed by atoms with Crippen LogP contribution in [-0.4, -0.2) is 39.5 Å². The van der Waals surface area contributed by atoms with E-state index in [9.17, 15) is 9.13 Å². The largest absolute Gasteiger partial charge is 0.351 e. The molecule has 0 amide bonds. The third-order valence-corrected chi connectivity index (χ3v) is 9.60. The summed E-state index contributed by atoms with van der Waals surface area (Å²) in [6.45, 7) is 9.04. The van der Waals surface area contributed by atoms with Crippen LogP contribution < -0.4 is 10.6 Å². The molecule has 0 bridgehead atoms. The summed E-state index contributed by atoms with van der Waals surface area (Å²) >= 11 is 0. The zero-order valence-corrected chi connectivity index (χ0v) is 22.3. The maximum atomic E-state index is 13.6. The minimum Gasteiger partial charge on any atom is -0.308 e. The van der Waals surface area contributed by atoms with Gasteiger partial charge in [0.2, 0.25) is 0 Å². The Kier molecular flexibility index (Phi) is 12.7. The normalized spacial score (nSPS) is 14.1. The predicted molar refractivity (Wildman–Crippen MR) is 136 cm³/mol. The van der Waals surface area contributed by atoms with Gasteiger partial charge in [0.05, 0.1) is 26.4 Å². The predicted octanol–water partition coefficient (Wildman–Crippen LogP) is 6.10. The second-order valence-electron chi connectivity index (χ2n) is 7.29. The average Bonchev–Trinajstić information content (AvgIpc) is 2.83. The fourth-order valence-electron chi connectivity index (χ4n) is 3.61. The van der Waals surface area contributed by atoms with E-state index in [0.717, 1.165) is 11.1 Å². The zero-order chi connectivity index (χ0) is 24.9. The second kappa shape index (κ2) is 14.9. The lowest BCUT2D eigenvalue weighted by Crippen LogP contribution is -2.33. The Labute approximate surface area is 203 Å². The molecule has 0 aliphatic heterocycles. The van der Waals surface area contributed by atoms with Gasteiger partial charge in [0, 0.05) is 13.1 Å². The minimum absolute atomic E-state index is 0.266. The molecule has 2 aromatic rings. The molecule has 0 heterocycles. The van der Waals surface area contributed by atoms with E-state index >= 15 is 0 Å². The SMILES string of the molecule is CCOP(=O)(OCC)[C@@H](NCCN[C@@H](c1ccccc1)P(=O)(OCC)OCC)c1ccccc1. The first-order chi connectivity index (χ1) is 16.4. The van der Waals surface area contributed by atoms with Gasteiger partial charge in [0.25, 0.3) is 0 Å². The van der Waals surface area contributed by atoms with Crippen molar-refractivity contribution in [1.29, 1.82) is 0 Å². The molecule has 2 rings (SSSR count). The van der Waals surface area contributed by atoms with Crippen molar-refractivity contribution in [3.8, 4) is 0 Å². The van der Waals surface area contributed by atoms with Crippen LogP contribution >= 0.6 is 15.2 Å². The van der Waals surface area contributed by atoms with Crippen LogP contribution in [0.4, 0.5) is 0 Å². The van der Waals surface area contributed by atoms with Gasteiger partial charge in [0.15, 0.2) is 0 Å². The Morgan fingerprint density at radius 1 is 0.588 bits per heavy atom. The summed E-state index contributed by atoms with van der Waals surface area (Å²) in [5.41, 5.74) is 1.61. The van der Waals surface area contributed by atoms with E-state index in [1.165, 1.54) is 0 Å². The fraction of sp³-hybridized carbons (Fsp3) is 0.500. The van der Waals surface area contributed by atoms with Gasteiger partial charge in [-0.25, -0.2) is 0 Å². The van der Waals surface area contributed by atoms with Crippen LogP contribution in [0.5, 0.6) is 0 Å². The van der Waals surface area contributed by atoms with Crippen molar-refractivity contribution in [2.75, 3.05) is 39.5 Å². The second-order valence-corrected chi connectivity index (χ2v) is 11.5. The summed E-state index contributed by atoms with van der Waals surface area (Å²) in [4.78, 5) is 0. The highest BCUT2D eigenvalue weighted by Gasteiger charge is 2.38. The number of hydrogen-bond acceptors (Lipinski definition) is 8. The highest BCUT2D eigenvalue weighted by molar-refractivity contribution is 7.54. The Morgan fingerprint density at radius 2 is 0.882 bits per heavy atom. The Hall–Kier alpha value is -1.34. The van der Waals surface area contributed by atoms with E-state index in [0.29, 0.717) is 13.1 Å². The molecule has 190 valence electrons. The molecule has 0 fully saturated rings. The molecule has 0 saturated heterocycles. The molecule has 10 heteroatoms. The maximum absolute atomic E-state index is 13.6. The molecule has 0 aliphatic rings. The first kappa shape index (κ1) is 28.9. The number of hydrogen-bond donors (Lipinski definition) is 2. The van der Waals surface area contributed by atoms with Crippen LogP contribution in [0.25, 0.3) is 0 Å². The van der Waals surface area contributed by atoms with Crippen LogP contribution in [0.2, 0.25) is 0 Å². The van der Waals surface area contributed by atoms with E-state index in [2.05, 4.69) is 10.6 Å². The van der Waals surface area contributed by atoms with Crippen molar-refractivity contribution in [2.24, 2.45) is 0 Å². The molecule has 34 heavy (non-hydrogen) atoms. The van der Waals surface area contributed by atoms with Gasteiger partial charge in [-0.1, -0.05) is 60.7 Å². The van der Waals surface area contributed by atoms with Gasteiger partial charge in [0.1, 0.15) is 11.6 Å². The molecule has 0 aromatic heterocycles. The molecule has 2 aromatic carbocycles. The summed E-state index contributed by atoms with van der Waals surface area (Å²) in [5.74, 6) is -1.28. The lowest BCUT2D eigenvalue weighted by Gasteiger charge is -2.29. The number of benzene rings is 2. The molecule has 2 N–H and O–H groups in total. The quantitative estimate of drug-likeness (QED) is 0.194. The monoisotopic (exact) mass is 512 g/mol. The molecule has 0 radical (unpaired) electrons. The highest BCUT2D eigenvalue weighted by Crippen LogP contribution is 2.60. The molecular formula is C24H38N2O6P2. The van der Waals surface area contributed by atoms with E-state index in [1.54, 1.807) is 27.7 Å². The average molecular weight is 513 g/mol. The lowest BCUT2D eigenvalue weighted by molar-refractivity contribution is 0.204. The van der Waals surface area contributed by atoms with E-state index in [1.807, 2.05) is 60.7 Å². The van der Waals surface area contributed by atoms with Gasteiger partial charge in [-0.2, -0.15) is 0 Å². The summed E-state index contributed by atoms with van der Waals surface area (Å²) in [5, 5.41) is 6.64. The van der Waals surface area contributed by atoms with Crippen molar-refractivity contribution in [3.63, 3.8) is 0 Å². The van der Waals surface area contributed by atoms with Crippen molar-refractivity contribution >= 4 is 15.2 Å². The van der Waals surface area contributed by atoms with Gasteiger partial charge in [-0.3, -0.25) is 19.8 Å². The lowest BCUT2D eigenvalue weighted by atomic mass is 10.2. The van der Waals surface area contributed by atoms with Crippen molar-refractivity contribution in [3.05, 3.63) is 71.8 Å². The summed E-state index contributed by atoms with van der Waals surface area (Å²) in [6.07, 6.45) is 0. The maximum Gasteiger partial charge on any atom is 0.351 e. The molecule has 8 nitrogen and oxygen atoms in total. The third-order valence-electron chi connectivity index (χ3n) is 4.90. The third kappa shape index (κ3) is 8.11. The van der Waals surface area contributed by atoms with Gasteiger partial charge in [-0.05, 0) is 38.8 Å². The summed E-state index contributed by atoms with van der Waals surface area (Å²) in [7, 11) is -6.94. The van der Waals surface area contributed by atoms with Crippen LogP contribution in [0.1, 0.15) is 50.4 Å². The minimum atomic E-state index is -3.47. The topological polar surface area (TPSA) is 95.1 Å². The van der Waals surface area contributed by atoms with Crippen LogP contribution in [-0.2, 0) is 27.2 Å². The molecule has 0 unspecified atom stereocenters. The van der Waals surface area contributed by atoms with Gasteiger partial charge in [-0.15, -0.1) is 0 Å². The molecule has 0 aliphatic carbocycles. The zero-order valence-electron chi connectivity index (χ0n) is 20.5. The highest BCUT2D eigenvalue weighted by atomic mass is 31.2. The van der Waals surface area contributed by atoms with Gasteiger partial charge < -0.3 is 18.1 Å². The summed E-state index contributed by atoms with van der Waals surface area (Å²) in [6, 6.07) is 18.9. The van der Waals surface area contributed by atoms with E-state index < -0.39 is 26.8 Å². The Morgan fingerprint density at radius 3 is 1.15 bits per heavy atom. The molecular weight excluding hydrogens is 474 g/mol. The van der Waals surface area contributed by atoms with Crippen LogP contribution in [0.3, 0.4) is 0 Å². The van der Waals surface area contributed by atoms with Crippen molar-refractivity contribution in [1.82, 2.24) is 10.6 Å². The van der Waals surface area contributed by atoms with Crippen LogP contribution in [0.15, 0.2) is 60.7 Å². The Balaban J connectivity index is 2.20. The standard InChI is InChI=1S/C24H38N2O6P2/c1-5-29-33(27,30-6-2)23(21-15-11-9-12-16-21)25-19-20-26-24(22-17-13-10-14-18-22)34(28,31-7-3)32-8-4/h9-18,23-26H,5-8,19-20H2,1-4H3/t23-,24-/m1/s1. The molecule has 0 saturated carbocycles. The molecule has 0 spiro atoms.